The van der Waals surface area contributed by atoms with Crippen LogP contribution in [0.3, 0.4) is 0 Å². The zero-order chi connectivity index (χ0) is 19.2. The maximum atomic E-state index is 13.2. The smallest absolute Gasteiger partial charge is 0.348 e. The molecule has 5 nitrogen and oxygen atoms in total. The van der Waals surface area contributed by atoms with Crippen molar-refractivity contribution in [1.29, 1.82) is 0 Å². The van der Waals surface area contributed by atoms with Crippen molar-refractivity contribution < 1.29 is 14.3 Å². The lowest BCUT2D eigenvalue weighted by Gasteiger charge is -2.37. The van der Waals surface area contributed by atoms with E-state index in [1.54, 1.807) is 0 Å². The predicted molar refractivity (Wildman–Crippen MR) is 105 cm³/mol. The molecule has 0 bridgehead atoms. The van der Waals surface area contributed by atoms with Gasteiger partial charge in [0, 0.05) is 17.6 Å². The molecule has 1 heterocycles. The summed E-state index contributed by atoms with van der Waals surface area (Å²) in [7, 11) is 0. The number of carbonyl (C=O) groups is 2. The molecule has 26 heavy (non-hydrogen) atoms. The number of nitrogens with two attached hydrogens (primary N) is 1. The molecule has 6 heteroatoms. The summed E-state index contributed by atoms with van der Waals surface area (Å²) < 4.78 is 6.68. The van der Waals surface area contributed by atoms with E-state index in [1.165, 1.54) is 16.3 Å². The van der Waals surface area contributed by atoms with Gasteiger partial charge in [-0.2, -0.15) is 0 Å². The van der Waals surface area contributed by atoms with Gasteiger partial charge in [-0.05, 0) is 30.4 Å². The van der Waals surface area contributed by atoms with Gasteiger partial charge in [-0.3, -0.25) is 14.8 Å². The molecular formula is C20H30N2O3S. The zero-order valence-electron chi connectivity index (χ0n) is 15.9. The molecule has 0 spiro atoms. The molecule has 0 radical (unpaired) electrons. The third kappa shape index (κ3) is 4.60. The predicted octanol–water partition coefficient (Wildman–Crippen LogP) is 3.38. The second-order valence-corrected chi connectivity index (χ2v) is 8.12. The molecule has 144 valence electrons. The summed E-state index contributed by atoms with van der Waals surface area (Å²) >= 11 is 1.37. The van der Waals surface area contributed by atoms with Crippen LogP contribution >= 0.6 is 11.9 Å². The number of cyclic esters (lactones) is 1. The Morgan fingerprint density at radius 3 is 2.65 bits per heavy atom. The second-order valence-electron chi connectivity index (χ2n) is 7.09. The van der Waals surface area contributed by atoms with Crippen molar-refractivity contribution in [2.45, 2.75) is 52.1 Å². The lowest BCUT2D eigenvalue weighted by atomic mass is 9.95. The number of carbonyl (C=O) groups excluding carboxylic acids is 2. The van der Waals surface area contributed by atoms with Crippen LogP contribution in [0, 0.1) is 11.8 Å². The summed E-state index contributed by atoms with van der Waals surface area (Å²) in [4.78, 5) is 25.6. The molecule has 1 aromatic rings. The number of amides is 1. The first kappa shape index (κ1) is 20.8. The van der Waals surface area contributed by atoms with E-state index in [4.69, 9.17) is 10.5 Å². The van der Waals surface area contributed by atoms with E-state index in [0.29, 0.717) is 6.42 Å². The Kier molecular flexibility index (Phi) is 7.53. The van der Waals surface area contributed by atoms with Crippen LogP contribution < -0.4 is 5.73 Å². The van der Waals surface area contributed by atoms with Crippen molar-refractivity contribution in [3.8, 4) is 0 Å². The summed E-state index contributed by atoms with van der Waals surface area (Å²) in [6.45, 7) is 6.14. The van der Waals surface area contributed by atoms with Crippen molar-refractivity contribution in [3.05, 3.63) is 35.9 Å². The Bertz CT molecular complexity index is 610. The highest BCUT2D eigenvalue weighted by Gasteiger charge is 2.54. The minimum atomic E-state index is -1.39. The molecule has 2 rings (SSSR count). The van der Waals surface area contributed by atoms with Gasteiger partial charge in [-0.15, -0.1) is 0 Å². The Morgan fingerprint density at radius 1 is 1.38 bits per heavy atom. The zero-order valence-corrected chi connectivity index (χ0v) is 16.8. The molecule has 1 aromatic carbocycles. The van der Waals surface area contributed by atoms with Crippen molar-refractivity contribution in [1.82, 2.24) is 4.31 Å². The molecule has 1 amide bonds. The summed E-state index contributed by atoms with van der Waals surface area (Å²) in [5.74, 6) is -0.355. The molecule has 0 aromatic heterocycles. The first-order valence-electron chi connectivity index (χ1n) is 9.38. The molecular weight excluding hydrogens is 348 g/mol. The Hall–Kier alpha value is -1.53. The summed E-state index contributed by atoms with van der Waals surface area (Å²) in [5, 5.41) is 0. The summed E-state index contributed by atoms with van der Waals surface area (Å²) in [6.07, 6.45) is 3.79. The Morgan fingerprint density at radius 2 is 2.08 bits per heavy atom. The monoisotopic (exact) mass is 378 g/mol. The maximum absolute atomic E-state index is 13.2. The van der Waals surface area contributed by atoms with E-state index in [-0.39, 0.29) is 24.3 Å². The summed E-state index contributed by atoms with van der Waals surface area (Å²) in [5.41, 5.74) is 6.15. The van der Waals surface area contributed by atoms with Gasteiger partial charge in [0.2, 0.25) is 11.6 Å². The average molecular weight is 379 g/mol. The Balaban J connectivity index is 2.16. The number of ether oxygens (including phenoxy) is 1. The molecule has 1 aliphatic heterocycles. The topological polar surface area (TPSA) is 72.6 Å². The first-order chi connectivity index (χ1) is 12.4. The highest BCUT2D eigenvalue weighted by atomic mass is 32.2. The van der Waals surface area contributed by atoms with Gasteiger partial charge in [-0.1, -0.05) is 63.9 Å². The van der Waals surface area contributed by atoms with Crippen LogP contribution in [0.15, 0.2) is 30.3 Å². The van der Waals surface area contributed by atoms with Crippen LogP contribution in [0.25, 0.3) is 0 Å². The van der Waals surface area contributed by atoms with Gasteiger partial charge < -0.3 is 4.74 Å². The van der Waals surface area contributed by atoms with E-state index in [1.807, 2.05) is 44.2 Å². The van der Waals surface area contributed by atoms with E-state index in [0.717, 1.165) is 30.6 Å². The first-order valence-corrected chi connectivity index (χ1v) is 10.3. The van der Waals surface area contributed by atoms with Gasteiger partial charge in [-0.25, -0.2) is 4.79 Å². The largest absolute Gasteiger partial charge is 0.462 e. The minimum absolute atomic E-state index is 0.108. The molecule has 2 N–H and O–H groups in total. The quantitative estimate of drug-likeness (QED) is 0.309. The fourth-order valence-electron chi connectivity index (χ4n) is 3.04. The standard InChI is InChI=1S/C20H30N2O3S/c1-4-5-9-12-26-22(20(21)16(3)14-25-19(20)24)18(23)15(2)13-17-10-7-6-8-11-17/h6-8,10-11,15-16H,4-5,9,12-14,21H2,1-3H3/t15?,16-,20+/m1/s1. The molecule has 1 fully saturated rings. The molecule has 1 unspecified atom stereocenters. The molecule has 0 saturated carbocycles. The van der Waals surface area contributed by atoms with Gasteiger partial charge in [0.25, 0.3) is 0 Å². The number of hydrogen-bond donors (Lipinski definition) is 1. The number of esters is 1. The van der Waals surface area contributed by atoms with Crippen LogP contribution in [-0.4, -0.2) is 34.2 Å². The van der Waals surface area contributed by atoms with Crippen molar-refractivity contribution in [3.63, 3.8) is 0 Å². The number of nitrogens with zero attached hydrogens (tertiary/aromatic N) is 1. The lowest BCUT2D eigenvalue weighted by Crippen LogP contribution is -2.63. The maximum Gasteiger partial charge on any atom is 0.348 e. The number of unbranched alkanes of at least 4 members (excludes halogenated alkanes) is 2. The minimum Gasteiger partial charge on any atom is -0.462 e. The second kappa shape index (κ2) is 9.42. The van der Waals surface area contributed by atoms with Crippen LogP contribution in [0.4, 0.5) is 0 Å². The summed E-state index contributed by atoms with van der Waals surface area (Å²) in [6, 6.07) is 9.90. The van der Waals surface area contributed by atoms with Gasteiger partial charge in [0.05, 0.1) is 6.61 Å². The number of benzene rings is 1. The third-order valence-corrected chi connectivity index (χ3v) is 6.07. The number of hydrogen-bond acceptors (Lipinski definition) is 5. The highest BCUT2D eigenvalue weighted by Crippen LogP contribution is 2.35. The van der Waals surface area contributed by atoms with Crippen LogP contribution in [0.5, 0.6) is 0 Å². The van der Waals surface area contributed by atoms with Crippen LogP contribution in [0.2, 0.25) is 0 Å². The third-order valence-electron chi connectivity index (χ3n) is 4.85. The van der Waals surface area contributed by atoms with E-state index >= 15 is 0 Å². The van der Waals surface area contributed by atoms with E-state index < -0.39 is 11.6 Å². The van der Waals surface area contributed by atoms with E-state index in [9.17, 15) is 9.59 Å². The fraction of sp³-hybridized carbons (Fsp3) is 0.600. The van der Waals surface area contributed by atoms with Crippen LogP contribution in [-0.2, 0) is 20.7 Å². The molecule has 1 saturated heterocycles. The average Bonchev–Trinajstić information content (AvgIpc) is 2.90. The molecule has 0 aliphatic carbocycles. The number of rotatable bonds is 9. The normalized spacial score (nSPS) is 23.5. The molecule has 1 aliphatic rings. The van der Waals surface area contributed by atoms with Crippen molar-refractivity contribution >= 4 is 23.8 Å². The fourth-order valence-corrected chi connectivity index (χ4v) is 4.33. The van der Waals surface area contributed by atoms with Gasteiger partial charge in [0.15, 0.2) is 0 Å². The van der Waals surface area contributed by atoms with Crippen molar-refractivity contribution in [2.24, 2.45) is 17.6 Å². The van der Waals surface area contributed by atoms with Crippen LogP contribution in [0.1, 0.15) is 45.6 Å². The Labute approximate surface area is 160 Å². The molecule has 3 atom stereocenters. The SMILES string of the molecule is CCCCCSN(C(=O)C(C)Cc1ccccc1)[C@]1(N)C(=O)OC[C@H]1C. The highest BCUT2D eigenvalue weighted by molar-refractivity contribution is 7.97. The van der Waals surface area contributed by atoms with Gasteiger partial charge >= 0.3 is 5.97 Å². The van der Waals surface area contributed by atoms with Gasteiger partial charge in [0.1, 0.15) is 0 Å². The lowest BCUT2D eigenvalue weighted by molar-refractivity contribution is -0.151. The van der Waals surface area contributed by atoms with E-state index in [2.05, 4.69) is 6.92 Å². The van der Waals surface area contributed by atoms with Crippen molar-refractivity contribution in [2.75, 3.05) is 12.4 Å².